The van der Waals surface area contributed by atoms with Gasteiger partial charge >= 0.3 is 5.97 Å². The Hall–Kier alpha value is -2.04. The normalized spacial score (nSPS) is 10.2. The molecule has 0 radical (unpaired) electrons. The van der Waals surface area contributed by atoms with E-state index < -0.39 is 11.9 Å². The van der Waals surface area contributed by atoms with Gasteiger partial charge in [-0.3, -0.25) is 9.59 Å². The van der Waals surface area contributed by atoms with Crippen molar-refractivity contribution in [3.8, 4) is 5.75 Å². The van der Waals surface area contributed by atoms with Crippen LogP contribution in [0.15, 0.2) is 18.2 Å². The highest BCUT2D eigenvalue weighted by Crippen LogP contribution is 2.20. The van der Waals surface area contributed by atoms with E-state index in [0.29, 0.717) is 5.56 Å². The third kappa shape index (κ3) is 4.08. The average molecular weight is 251 g/mol. The molecular weight excluding hydrogens is 234 g/mol. The van der Waals surface area contributed by atoms with Crippen molar-refractivity contribution in [1.82, 2.24) is 5.32 Å². The number of ether oxygens (including phenoxy) is 1. The van der Waals surface area contributed by atoms with E-state index >= 15 is 0 Å². The molecular formula is C13H17NO4. The van der Waals surface area contributed by atoms with Gasteiger partial charge in [0.15, 0.2) is 0 Å². The number of carboxylic acid groups (broad SMARTS) is 1. The number of aliphatic carboxylic acids is 1. The molecule has 0 aliphatic heterocycles. The maximum atomic E-state index is 11.6. The Morgan fingerprint density at radius 3 is 2.56 bits per heavy atom. The van der Waals surface area contributed by atoms with Gasteiger partial charge < -0.3 is 15.2 Å². The predicted molar refractivity (Wildman–Crippen MR) is 66.9 cm³/mol. The Morgan fingerprint density at radius 2 is 2.06 bits per heavy atom. The number of carbonyl (C=O) groups excluding carboxylic acids is 1. The van der Waals surface area contributed by atoms with E-state index in [-0.39, 0.29) is 12.6 Å². The molecule has 1 aromatic carbocycles. The van der Waals surface area contributed by atoms with E-state index in [1.54, 1.807) is 18.2 Å². The number of hydrogen-bond donors (Lipinski definition) is 2. The maximum Gasteiger partial charge on any atom is 0.322 e. The Balaban J connectivity index is 2.77. The molecule has 98 valence electrons. The van der Waals surface area contributed by atoms with Crippen LogP contribution in [0.5, 0.6) is 5.75 Å². The van der Waals surface area contributed by atoms with E-state index in [0.717, 1.165) is 11.3 Å². The van der Waals surface area contributed by atoms with Crippen LogP contribution >= 0.6 is 0 Å². The molecule has 18 heavy (non-hydrogen) atoms. The summed E-state index contributed by atoms with van der Waals surface area (Å²) in [6, 6.07) is 5.00. The fourth-order valence-corrected chi connectivity index (χ4v) is 1.43. The highest BCUT2D eigenvalue weighted by Gasteiger charge is 2.10. The van der Waals surface area contributed by atoms with Gasteiger partial charge in [-0.1, -0.05) is 0 Å². The summed E-state index contributed by atoms with van der Waals surface area (Å²) >= 11 is 0. The van der Waals surface area contributed by atoms with Crippen molar-refractivity contribution in [3.63, 3.8) is 0 Å². The quantitative estimate of drug-likeness (QED) is 0.833. The number of nitrogens with one attached hydrogen (secondary N) is 1. The summed E-state index contributed by atoms with van der Waals surface area (Å²) in [5.74, 6) is -0.754. The van der Waals surface area contributed by atoms with Crippen molar-refractivity contribution < 1.29 is 19.4 Å². The number of amides is 1. The lowest BCUT2D eigenvalue weighted by Crippen LogP contribution is -2.29. The number of benzene rings is 1. The zero-order valence-electron chi connectivity index (χ0n) is 10.7. The van der Waals surface area contributed by atoms with Gasteiger partial charge in [-0.25, -0.2) is 0 Å². The van der Waals surface area contributed by atoms with Gasteiger partial charge in [0.05, 0.1) is 6.10 Å². The fraction of sp³-hybridized carbons (Fsp3) is 0.385. The summed E-state index contributed by atoms with van der Waals surface area (Å²) < 4.78 is 5.55. The Kier molecular flexibility index (Phi) is 4.71. The molecule has 5 heteroatoms. The highest BCUT2D eigenvalue weighted by molar-refractivity contribution is 5.96. The van der Waals surface area contributed by atoms with Gasteiger partial charge in [0.25, 0.3) is 5.91 Å². The summed E-state index contributed by atoms with van der Waals surface area (Å²) in [5.41, 5.74) is 1.26. The molecule has 0 heterocycles. The molecule has 1 rings (SSSR count). The van der Waals surface area contributed by atoms with Crippen molar-refractivity contribution in [2.45, 2.75) is 26.9 Å². The molecule has 2 N–H and O–H groups in total. The average Bonchev–Trinajstić information content (AvgIpc) is 2.28. The van der Waals surface area contributed by atoms with Gasteiger partial charge in [0.1, 0.15) is 12.3 Å². The van der Waals surface area contributed by atoms with E-state index in [1.165, 1.54) is 0 Å². The number of rotatable bonds is 5. The molecule has 1 amide bonds. The lowest BCUT2D eigenvalue weighted by Gasteiger charge is -2.13. The van der Waals surface area contributed by atoms with Crippen LogP contribution < -0.4 is 10.1 Å². The lowest BCUT2D eigenvalue weighted by molar-refractivity contribution is -0.135. The predicted octanol–water partition coefficient (Wildman–Crippen LogP) is 1.60. The lowest BCUT2D eigenvalue weighted by atomic mass is 10.1. The highest BCUT2D eigenvalue weighted by atomic mass is 16.5. The van der Waals surface area contributed by atoms with Crippen LogP contribution in [0.2, 0.25) is 0 Å². The molecule has 1 aromatic rings. The van der Waals surface area contributed by atoms with Crippen molar-refractivity contribution >= 4 is 11.9 Å². The standard InChI is InChI=1S/C13H17NO4/c1-8(2)18-11-5-4-10(6-9(11)3)13(17)14-7-12(15)16/h4-6,8H,7H2,1-3H3,(H,14,17)(H,15,16). The van der Waals surface area contributed by atoms with Crippen LogP contribution in [0.4, 0.5) is 0 Å². The number of carboxylic acids is 1. The molecule has 0 aromatic heterocycles. The van der Waals surface area contributed by atoms with Crippen molar-refractivity contribution in [3.05, 3.63) is 29.3 Å². The third-order valence-electron chi connectivity index (χ3n) is 2.20. The van der Waals surface area contributed by atoms with Gasteiger partial charge in [-0.15, -0.1) is 0 Å². The second-order valence-electron chi connectivity index (χ2n) is 4.22. The summed E-state index contributed by atoms with van der Waals surface area (Å²) in [7, 11) is 0. The molecule has 5 nitrogen and oxygen atoms in total. The monoisotopic (exact) mass is 251 g/mol. The zero-order valence-corrected chi connectivity index (χ0v) is 10.7. The second kappa shape index (κ2) is 6.05. The van der Waals surface area contributed by atoms with E-state index in [9.17, 15) is 9.59 Å². The molecule has 0 saturated carbocycles. The number of aryl methyl sites for hydroxylation is 1. The van der Waals surface area contributed by atoms with E-state index in [4.69, 9.17) is 9.84 Å². The van der Waals surface area contributed by atoms with Crippen LogP contribution in [0, 0.1) is 6.92 Å². The van der Waals surface area contributed by atoms with E-state index in [2.05, 4.69) is 5.32 Å². The maximum absolute atomic E-state index is 11.6. The summed E-state index contributed by atoms with van der Waals surface area (Å²) in [5, 5.41) is 10.8. The molecule has 0 aliphatic rings. The first kappa shape index (κ1) is 14.0. The molecule has 0 aliphatic carbocycles. The minimum Gasteiger partial charge on any atom is -0.491 e. The molecule has 0 fully saturated rings. The Labute approximate surface area is 106 Å². The number of carbonyl (C=O) groups is 2. The SMILES string of the molecule is Cc1cc(C(=O)NCC(=O)O)ccc1OC(C)C. The van der Waals surface area contributed by atoms with Crippen LogP contribution in [0.3, 0.4) is 0 Å². The van der Waals surface area contributed by atoms with Crippen molar-refractivity contribution in [2.24, 2.45) is 0 Å². The van der Waals surface area contributed by atoms with Crippen molar-refractivity contribution in [2.75, 3.05) is 6.54 Å². The first-order valence-electron chi connectivity index (χ1n) is 5.67. The van der Waals surface area contributed by atoms with Gasteiger partial charge in [0, 0.05) is 5.56 Å². The van der Waals surface area contributed by atoms with Gasteiger partial charge in [0.2, 0.25) is 0 Å². The smallest absolute Gasteiger partial charge is 0.322 e. The minimum atomic E-state index is -1.07. The minimum absolute atomic E-state index is 0.0652. The molecule has 0 unspecified atom stereocenters. The largest absolute Gasteiger partial charge is 0.491 e. The third-order valence-corrected chi connectivity index (χ3v) is 2.20. The molecule has 0 spiro atoms. The van der Waals surface area contributed by atoms with Gasteiger partial charge in [-0.05, 0) is 44.5 Å². The first-order chi connectivity index (χ1) is 8.40. The van der Waals surface area contributed by atoms with Crippen LogP contribution in [-0.2, 0) is 4.79 Å². The summed E-state index contributed by atoms with van der Waals surface area (Å²) in [6.07, 6.45) is 0.0652. The topological polar surface area (TPSA) is 75.6 Å². The number of hydrogen-bond acceptors (Lipinski definition) is 3. The van der Waals surface area contributed by atoms with Crippen LogP contribution in [0.1, 0.15) is 29.8 Å². The first-order valence-corrected chi connectivity index (χ1v) is 5.67. The second-order valence-corrected chi connectivity index (χ2v) is 4.22. The Morgan fingerprint density at radius 1 is 1.39 bits per heavy atom. The molecule has 0 atom stereocenters. The summed E-state index contributed by atoms with van der Waals surface area (Å²) in [6.45, 7) is 5.30. The fourth-order valence-electron chi connectivity index (χ4n) is 1.43. The van der Waals surface area contributed by atoms with Gasteiger partial charge in [-0.2, -0.15) is 0 Å². The van der Waals surface area contributed by atoms with Crippen LogP contribution in [0.25, 0.3) is 0 Å². The molecule has 0 bridgehead atoms. The van der Waals surface area contributed by atoms with Crippen molar-refractivity contribution in [1.29, 1.82) is 0 Å². The molecule has 0 saturated heterocycles. The summed E-state index contributed by atoms with van der Waals surface area (Å²) in [4.78, 5) is 22.0. The zero-order chi connectivity index (χ0) is 13.7. The van der Waals surface area contributed by atoms with E-state index in [1.807, 2.05) is 20.8 Å². The Bertz CT molecular complexity index is 454. The van der Waals surface area contributed by atoms with Crippen LogP contribution in [-0.4, -0.2) is 29.6 Å².